The van der Waals surface area contributed by atoms with Crippen LogP contribution in [0.1, 0.15) is 12.0 Å². The lowest BCUT2D eigenvalue weighted by Gasteiger charge is -2.12. The molecule has 106 valence electrons. The number of hydrogen-bond donors (Lipinski definition) is 3. The van der Waals surface area contributed by atoms with Gasteiger partial charge in [-0.05, 0) is 24.6 Å². The number of ether oxygens (including phenoxy) is 1. The molecule has 1 aromatic carbocycles. The number of anilines is 1. The lowest BCUT2D eigenvalue weighted by atomic mass is 10.2. The highest BCUT2D eigenvalue weighted by Gasteiger charge is 2.17. The summed E-state index contributed by atoms with van der Waals surface area (Å²) in [6, 6.07) is 3.89. The Morgan fingerprint density at radius 2 is 2.40 bits per heavy atom. The molecule has 1 unspecified atom stereocenters. The van der Waals surface area contributed by atoms with E-state index in [0.717, 1.165) is 6.42 Å². The number of nitrogens with two attached hydrogens (primary N) is 1. The van der Waals surface area contributed by atoms with Crippen LogP contribution in [0.5, 0.6) is 0 Å². The number of carbonyl (C=O) groups is 1. The van der Waals surface area contributed by atoms with Gasteiger partial charge in [-0.25, -0.2) is 9.18 Å². The monoisotopic (exact) mass is 277 g/mol. The number of benzene rings is 1. The second-order valence-electron chi connectivity index (χ2n) is 4.36. The third-order valence-electron chi connectivity index (χ3n) is 2.81. The van der Waals surface area contributed by atoms with Crippen molar-refractivity contribution in [3.05, 3.63) is 29.6 Å². The number of rotatable bonds is 2. The molecular weight excluding hydrogens is 261 g/mol. The molecule has 1 heterocycles. The Morgan fingerprint density at radius 3 is 3.10 bits per heavy atom. The number of nitrogens with one attached hydrogen (secondary N) is 2. The van der Waals surface area contributed by atoms with E-state index in [1.807, 2.05) is 0 Å². The molecule has 2 amide bonds. The average Bonchev–Trinajstić information content (AvgIpc) is 2.92. The molecular formula is C14H16FN3O2. The summed E-state index contributed by atoms with van der Waals surface area (Å²) in [5.41, 5.74) is 5.93. The molecule has 2 rings (SSSR count). The predicted molar refractivity (Wildman–Crippen MR) is 73.7 cm³/mol. The zero-order valence-electron chi connectivity index (χ0n) is 10.9. The van der Waals surface area contributed by atoms with Gasteiger partial charge < -0.3 is 21.1 Å². The number of carbonyl (C=O) groups excluding carboxylic acids is 1. The van der Waals surface area contributed by atoms with Gasteiger partial charge in [0.15, 0.2) is 0 Å². The smallest absolute Gasteiger partial charge is 0.319 e. The van der Waals surface area contributed by atoms with Crippen molar-refractivity contribution >= 4 is 11.7 Å². The van der Waals surface area contributed by atoms with Crippen molar-refractivity contribution in [3.8, 4) is 11.8 Å². The van der Waals surface area contributed by atoms with Crippen LogP contribution >= 0.6 is 0 Å². The quantitative estimate of drug-likeness (QED) is 0.707. The number of halogens is 1. The fourth-order valence-corrected chi connectivity index (χ4v) is 1.85. The Bertz CT molecular complexity index is 545. The molecule has 0 radical (unpaired) electrons. The highest BCUT2D eigenvalue weighted by Crippen LogP contribution is 2.14. The van der Waals surface area contributed by atoms with E-state index in [0.29, 0.717) is 18.9 Å². The molecule has 1 atom stereocenters. The maximum absolute atomic E-state index is 13.5. The zero-order valence-corrected chi connectivity index (χ0v) is 10.9. The van der Waals surface area contributed by atoms with Gasteiger partial charge in [0.2, 0.25) is 0 Å². The summed E-state index contributed by atoms with van der Waals surface area (Å²) >= 11 is 0. The maximum Gasteiger partial charge on any atom is 0.319 e. The van der Waals surface area contributed by atoms with Crippen molar-refractivity contribution in [1.29, 1.82) is 0 Å². The summed E-state index contributed by atoms with van der Waals surface area (Å²) in [4.78, 5) is 11.8. The molecule has 0 bridgehead atoms. The van der Waals surface area contributed by atoms with Crippen LogP contribution < -0.4 is 16.4 Å². The Morgan fingerprint density at radius 1 is 1.55 bits per heavy atom. The molecule has 1 aromatic rings. The van der Waals surface area contributed by atoms with Crippen molar-refractivity contribution < 1.29 is 13.9 Å². The first-order chi connectivity index (χ1) is 9.69. The highest BCUT2D eigenvalue weighted by atomic mass is 19.1. The second-order valence-corrected chi connectivity index (χ2v) is 4.36. The van der Waals surface area contributed by atoms with E-state index in [4.69, 9.17) is 10.5 Å². The number of urea groups is 1. The largest absolute Gasteiger partial charge is 0.379 e. The number of hydrogen-bond acceptors (Lipinski definition) is 3. The molecule has 5 nitrogen and oxygen atoms in total. The summed E-state index contributed by atoms with van der Waals surface area (Å²) in [6.45, 7) is 1.32. The molecule has 4 N–H and O–H groups in total. The second kappa shape index (κ2) is 6.89. The predicted octanol–water partition coefficient (Wildman–Crippen LogP) is 1.05. The van der Waals surface area contributed by atoms with E-state index in [1.54, 1.807) is 0 Å². The molecule has 20 heavy (non-hydrogen) atoms. The minimum Gasteiger partial charge on any atom is -0.379 e. The summed E-state index contributed by atoms with van der Waals surface area (Å²) in [5.74, 6) is 4.75. The first kappa shape index (κ1) is 14.3. The van der Waals surface area contributed by atoms with Crippen LogP contribution in [0.2, 0.25) is 0 Å². The van der Waals surface area contributed by atoms with E-state index >= 15 is 0 Å². The van der Waals surface area contributed by atoms with Crippen LogP contribution in [-0.2, 0) is 4.74 Å². The Hall–Kier alpha value is -2.10. The summed E-state index contributed by atoms with van der Waals surface area (Å²) in [6.07, 6.45) is 0.796. The highest BCUT2D eigenvalue weighted by molar-refractivity contribution is 5.89. The van der Waals surface area contributed by atoms with Gasteiger partial charge in [0.05, 0.1) is 24.8 Å². The molecule has 1 aliphatic rings. The van der Waals surface area contributed by atoms with Crippen LogP contribution in [0.25, 0.3) is 0 Å². The molecule has 6 heteroatoms. The fraction of sp³-hybridized carbons (Fsp3) is 0.357. The Labute approximate surface area is 116 Å². The van der Waals surface area contributed by atoms with Crippen molar-refractivity contribution in [2.24, 2.45) is 5.73 Å². The summed E-state index contributed by atoms with van der Waals surface area (Å²) in [7, 11) is 0. The molecule has 0 spiro atoms. The van der Waals surface area contributed by atoms with Gasteiger partial charge in [-0.15, -0.1) is 0 Å². The maximum atomic E-state index is 13.5. The first-order valence-corrected chi connectivity index (χ1v) is 6.33. The van der Waals surface area contributed by atoms with Crippen LogP contribution in [0, 0.1) is 17.7 Å². The van der Waals surface area contributed by atoms with E-state index in [9.17, 15) is 9.18 Å². The van der Waals surface area contributed by atoms with Gasteiger partial charge in [-0.1, -0.05) is 11.8 Å². The van der Waals surface area contributed by atoms with Gasteiger partial charge in [0.25, 0.3) is 0 Å². The van der Waals surface area contributed by atoms with E-state index in [-0.39, 0.29) is 24.2 Å². The molecule has 1 fully saturated rings. The van der Waals surface area contributed by atoms with Crippen LogP contribution in [0.4, 0.5) is 14.9 Å². The van der Waals surface area contributed by atoms with Crippen LogP contribution in [-0.4, -0.2) is 31.8 Å². The zero-order chi connectivity index (χ0) is 14.4. The van der Waals surface area contributed by atoms with E-state index in [1.165, 1.54) is 18.2 Å². The van der Waals surface area contributed by atoms with Crippen molar-refractivity contribution in [2.45, 2.75) is 12.5 Å². The van der Waals surface area contributed by atoms with Crippen LogP contribution in [0.3, 0.4) is 0 Å². The Balaban J connectivity index is 1.99. The third-order valence-corrected chi connectivity index (χ3v) is 2.81. The Kier molecular flexibility index (Phi) is 4.93. The molecule has 0 aliphatic carbocycles. The lowest BCUT2D eigenvalue weighted by molar-refractivity contribution is 0.189. The minimum atomic E-state index is -0.443. The van der Waals surface area contributed by atoms with E-state index in [2.05, 4.69) is 22.5 Å². The van der Waals surface area contributed by atoms with Gasteiger partial charge in [0.1, 0.15) is 5.82 Å². The van der Waals surface area contributed by atoms with Gasteiger partial charge in [-0.3, -0.25) is 0 Å². The minimum absolute atomic E-state index is 0.0203. The van der Waals surface area contributed by atoms with Gasteiger partial charge in [-0.2, -0.15) is 0 Å². The lowest BCUT2D eigenvalue weighted by Crippen LogP contribution is -2.38. The topological polar surface area (TPSA) is 76.4 Å². The summed E-state index contributed by atoms with van der Waals surface area (Å²) in [5, 5.41) is 5.42. The van der Waals surface area contributed by atoms with E-state index < -0.39 is 5.82 Å². The van der Waals surface area contributed by atoms with Gasteiger partial charge >= 0.3 is 6.03 Å². The molecule has 1 saturated heterocycles. The van der Waals surface area contributed by atoms with Crippen molar-refractivity contribution in [3.63, 3.8) is 0 Å². The number of amides is 2. The first-order valence-electron chi connectivity index (χ1n) is 6.33. The average molecular weight is 277 g/mol. The molecule has 1 aliphatic heterocycles. The molecule has 0 saturated carbocycles. The SMILES string of the molecule is NCC#Cc1cc(NC(=O)NC2CCOC2)ccc1F. The summed E-state index contributed by atoms with van der Waals surface area (Å²) < 4.78 is 18.6. The van der Waals surface area contributed by atoms with Crippen molar-refractivity contribution in [1.82, 2.24) is 5.32 Å². The van der Waals surface area contributed by atoms with Crippen molar-refractivity contribution in [2.75, 3.05) is 25.1 Å². The van der Waals surface area contributed by atoms with Crippen LogP contribution in [0.15, 0.2) is 18.2 Å². The fourth-order valence-electron chi connectivity index (χ4n) is 1.85. The molecule has 0 aromatic heterocycles. The third kappa shape index (κ3) is 3.95. The standard InChI is InChI=1S/C14H16FN3O2/c15-13-4-3-11(8-10(13)2-1-6-16)17-14(19)18-12-5-7-20-9-12/h3-4,8,12H,5-7,9,16H2,(H2,17,18,19). The van der Waals surface area contributed by atoms with Gasteiger partial charge in [0, 0.05) is 12.3 Å². The normalized spacial score (nSPS) is 17.2.